The second-order valence-corrected chi connectivity index (χ2v) is 3.20. The summed E-state index contributed by atoms with van der Waals surface area (Å²) < 4.78 is 13.0. The van der Waals surface area contributed by atoms with E-state index in [-0.39, 0.29) is 5.82 Å². The third-order valence-corrected chi connectivity index (χ3v) is 1.97. The summed E-state index contributed by atoms with van der Waals surface area (Å²) >= 11 is 3.00. The number of halogens is 2. The molecule has 0 saturated carbocycles. The van der Waals surface area contributed by atoms with Gasteiger partial charge in [-0.2, -0.15) is 0 Å². The minimum absolute atomic E-state index is 0.319. The number of hydrogen-bond donors (Lipinski definition) is 1. The Morgan fingerprint density at radius 1 is 1.54 bits per heavy atom. The van der Waals surface area contributed by atoms with Crippen LogP contribution in [0.15, 0.2) is 28.7 Å². The molecule has 0 aliphatic heterocycles. The molecule has 0 atom stereocenters. The Morgan fingerprint density at radius 3 is 2.77 bits per heavy atom. The molecule has 0 aromatic heterocycles. The van der Waals surface area contributed by atoms with Crippen molar-refractivity contribution in [3.63, 3.8) is 0 Å². The molecule has 1 N–H and O–H groups in total. The minimum Gasteiger partial charge on any atom is -0.478 e. The van der Waals surface area contributed by atoms with Crippen molar-refractivity contribution in [1.29, 1.82) is 0 Å². The molecule has 1 aromatic rings. The van der Waals surface area contributed by atoms with Crippen LogP contribution in [0.1, 0.15) is 5.56 Å². The van der Waals surface area contributed by atoms with Crippen molar-refractivity contribution < 1.29 is 14.3 Å². The molecule has 0 bridgehead atoms. The molecule has 0 aliphatic rings. The Hall–Kier alpha value is -1.16. The predicted octanol–water partition coefficient (Wildman–Crippen LogP) is 2.69. The second-order valence-electron chi connectivity index (χ2n) is 2.35. The van der Waals surface area contributed by atoms with Crippen molar-refractivity contribution in [3.05, 3.63) is 40.1 Å². The Labute approximate surface area is 82.8 Å². The summed E-state index contributed by atoms with van der Waals surface area (Å²) in [5.41, 5.74) is 0.635. The molecular formula is C9H6BrFO2. The van der Waals surface area contributed by atoms with Crippen LogP contribution in [0.3, 0.4) is 0 Å². The normalized spacial score (nSPS) is 10.6. The summed E-state index contributed by atoms with van der Waals surface area (Å²) in [6, 6.07) is 4.28. The summed E-state index contributed by atoms with van der Waals surface area (Å²) in [5.74, 6) is -1.40. The van der Waals surface area contributed by atoms with Crippen LogP contribution in [0.25, 0.3) is 6.08 Å². The van der Waals surface area contributed by atoms with Crippen LogP contribution >= 0.6 is 15.9 Å². The quantitative estimate of drug-likeness (QED) is 0.813. The van der Waals surface area contributed by atoms with E-state index >= 15 is 0 Å². The zero-order chi connectivity index (χ0) is 9.84. The molecule has 0 saturated heterocycles. The number of rotatable bonds is 2. The molecule has 0 amide bonds. The van der Waals surface area contributed by atoms with E-state index in [9.17, 15) is 9.18 Å². The van der Waals surface area contributed by atoms with Gasteiger partial charge in [0.25, 0.3) is 0 Å². The van der Waals surface area contributed by atoms with Crippen LogP contribution in [-0.2, 0) is 4.79 Å². The van der Waals surface area contributed by atoms with E-state index in [1.54, 1.807) is 0 Å². The average Bonchev–Trinajstić information content (AvgIpc) is 2.07. The van der Waals surface area contributed by atoms with Crippen LogP contribution in [0.5, 0.6) is 0 Å². The molecule has 0 unspecified atom stereocenters. The van der Waals surface area contributed by atoms with Gasteiger partial charge in [0.15, 0.2) is 0 Å². The van der Waals surface area contributed by atoms with Crippen molar-refractivity contribution in [1.82, 2.24) is 0 Å². The third kappa shape index (κ3) is 2.99. The Morgan fingerprint density at radius 2 is 2.23 bits per heavy atom. The maximum atomic E-state index is 12.7. The summed E-state index contributed by atoms with van der Waals surface area (Å²) in [4.78, 5) is 10.2. The number of carboxylic acids is 1. The number of carbonyl (C=O) groups is 1. The Bertz CT molecular complexity index is 361. The fraction of sp³-hybridized carbons (Fsp3) is 0. The zero-order valence-electron chi connectivity index (χ0n) is 6.50. The first kappa shape index (κ1) is 9.92. The van der Waals surface area contributed by atoms with E-state index in [2.05, 4.69) is 15.9 Å². The molecule has 13 heavy (non-hydrogen) atoms. The van der Waals surface area contributed by atoms with Gasteiger partial charge in [-0.15, -0.1) is 0 Å². The van der Waals surface area contributed by atoms with Crippen molar-refractivity contribution >= 4 is 28.0 Å². The Kier molecular flexibility index (Phi) is 3.19. The first-order chi connectivity index (χ1) is 6.09. The highest BCUT2D eigenvalue weighted by atomic mass is 79.9. The van der Waals surface area contributed by atoms with Crippen LogP contribution in [0, 0.1) is 5.82 Å². The molecule has 1 rings (SSSR count). The van der Waals surface area contributed by atoms with E-state index in [1.165, 1.54) is 24.3 Å². The largest absolute Gasteiger partial charge is 0.478 e. The van der Waals surface area contributed by atoms with E-state index in [4.69, 9.17) is 5.11 Å². The molecule has 0 fully saturated rings. The summed E-state index contributed by atoms with van der Waals surface area (Å²) in [7, 11) is 0. The number of carboxylic acid groups (broad SMARTS) is 1. The molecule has 1 aromatic carbocycles. The van der Waals surface area contributed by atoms with Crippen molar-refractivity contribution in [2.24, 2.45) is 0 Å². The SMILES string of the molecule is O=C(O)C=Cc1ccc(F)c(Br)c1. The summed E-state index contributed by atoms with van der Waals surface area (Å²) in [5, 5.41) is 8.33. The van der Waals surface area contributed by atoms with Crippen LogP contribution in [0.2, 0.25) is 0 Å². The monoisotopic (exact) mass is 244 g/mol. The molecule has 4 heteroatoms. The minimum atomic E-state index is -1.03. The predicted molar refractivity (Wildman–Crippen MR) is 50.8 cm³/mol. The van der Waals surface area contributed by atoms with Gasteiger partial charge in [0.1, 0.15) is 5.82 Å². The molecule has 0 heterocycles. The lowest BCUT2D eigenvalue weighted by Gasteiger charge is -1.95. The fourth-order valence-electron chi connectivity index (χ4n) is 0.784. The number of benzene rings is 1. The van der Waals surface area contributed by atoms with Crippen LogP contribution < -0.4 is 0 Å². The van der Waals surface area contributed by atoms with Gasteiger partial charge >= 0.3 is 5.97 Å². The smallest absolute Gasteiger partial charge is 0.328 e. The first-order valence-corrected chi connectivity index (χ1v) is 4.25. The van der Waals surface area contributed by atoms with Gasteiger partial charge in [0, 0.05) is 6.08 Å². The lowest BCUT2D eigenvalue weighted by molar-refractivity contribution is -0.131. The van der Waals surface area contributed by atoms with E-state index < -0.39 is 5.97 Å². The molecule has 0 spiro atoms. The van der Waals surface area contributed by atoms with Gasteiger partial charge in [-0.25, -0.2) is 9.18 Å². The molecule has 2 nitrogen and oxygen atoms in total. The van der Waals surface area contributed by atoms with E-state index in [0.717, 1.165) is 6.08 Å². The van der Waals surface area contributed by atoms with Gasteiger partial charge in [0.05, 0.1) is 4.47 Å². The highest BCUT2D eigenvalue weighted by Crippen LogP contribution is 2.17. The highest BCUT2D eigenvalue weighted by Gasteiger charge is 1.97. The molecule has 0 aliphatic carbocycles. The lowest BCUT2D eigenvalue weighted by atomic mass is 10.2. The van der Waals surface area contributed by atoms with Crippen molar-refractivity contribution in [3.8, 4) is 0 Å². The molecular weight excluding hydrogens is 239 g/mol. The van der Waals surface area contributed by atoms with Gasteiger partial charge in [-0.1, -0.05) is 6.07 Å². The van der Waals surface area contributed by atoms with Crippen LogP contribution in [0.4, 0.5) is 4.39 Å². The van der Waals surface area contributed by atoms with Gasteiger partial charge in [0.2, 0.25) is 0 Å². The molecule has 68 valence electrons. The van der Waals surface area contributed by atoms with Gasteiger partial charge in [-0.3, -0.25) is 0 Å². The zero-order valence-corrected chi connectivity index (χ0v) is 8.08. The summed E-state index contributed by atoms with van der Waals surface area (Å²) in [6.07, 6.45) is 2.40. The fourth-order valence-corrected chi connectivity index (χ4v) is 1.18. The van der Waals surface area contributed by atoms with E-state index in [1.807, 2.05) is 0 Å². The third-order valence-electron chi connectivity index (χ3n) is 1.36. The summed E-state index contributed by atoms with van der Waals surface area (Å²) in [6.45, 7) is 0. The Balaban J connectivity index is 2.92. The van der Waals surface area contributed by atoms with Crippen LogP contribution in [-0.4, -0.2) is 11.1 Å². The van der Waals surface area contributed by atoms with Gasteiger partial charge < -0.3 is 5.11 Å². The number of hydrogen-bond acceptors (Lipinski definition) is 1. The second kappa shape index (κ2) is 4.18. The van der Waals surface area contributed by atoms with Crippen molar-refractivity contribution in [2.75, 3.05) is 0 Å². The first-order valence-electron chi connectivity index (χ1n) is 3.45. The van der Waals surface area contributed by atoms with E-state index in [0.29, 0.717) is 10.0 Å². The number of aliphatic carboxylic acids is 1. The van der Waals surface area contributed by atoms with Crippen molar-refractivity contribution in [2.45, 2.75) is 0 Å². The topological polar surface area (TPSA) is 37.3 Å². The lowest BCUT2D eigenvalue weighted by Crippen LogP contribution is -1.86. The van der Waals surface area contributed by atoms with Gasteiger partial charge in [-0.05, 0) is 39.7 Å². The standard InChI is InChI=1S/C9H6BrFO2/c10-7-5-6(1-3-8(7)11)2-4-9(12)13/h1-5H,(H,12,13). The maximum absolute atomic E-state index is 12.7. The average molecular weight is 245 g/mol. The highest BCUT2D eigenvalue weighted by molar-refractivity contribution is 9.10. The maximum Gasteiger partial charge on any atom is 0.328 e. The molecule has 0 radical (unpaired) electrons.